The summed E-state index contributed by atoms with van der Waals surface area (Å²) in [6, 6.07) is 3.20. The van der Waals surface area contributed by atoms with Crippen LogP contribution in [0.25, 0.3) is 11.0 Å². The molecular weight excluding hydrogens is 456 g/mol. The fourth-order valence-corrected chi connectivity index (χ4v) is 6.55. The fraction of sp³-hybridized carbons (Fsp3) is 0.368. The maximum Gasteiger partial charge on any atom is 0.420 e. The minimum absolute atomic E-state index is 0.219. The van der Waals surface area contributed by atoms with Crippen LogP contribution >= 0.6 is 11.3 Å². The van der Waals surface area contributed by atoms with E-state index in [1.165, 1.54) is 12.4 Å². The molecule has 2 aliphatic rings. The molecule has 1 aliphatic carbocycles. The van der Waals surface area contributed by atoms with Gasteiger partial charge in [-0.2, -0.15) is 8.42 Å². The van der Waals surface area contributed by atoms with Crippen LogP contribution in [0.5, 0.6) is 0 Å². The van der Waals surface area contributed by atoms with Crippen molar-refractivity contribution >= 4 is 50.3 Å². The van der Waals surface area contributed by atoms with Gasteiger partial charge in [0.15, 0.2) is 0 Å². The van der Waals surface area contributed by atoms with E-state index in [1.807, 2.05) is 17.2 Å². The molecule has 2 amide bonds. The van der Waals surface area contributed by atoms with E-state index in [1.54, 1.807) is 6.92 Å². The summed E-state index contributed by atoms with van der Waals surface area (Å²) in [5, 5.41) is 0.932. The summed E-state index contributed by atoms with van der Waals surface area (Å²) in [4.78, 5) is 40.5. The van der Waals surface area contributed by atoms with Gasteiger partial charge in [-0.1, -0.05) is 0 Å². The van der Waals surface area contributed by atoms with E-state index in [9.17, 15) is 18.0 Å². The molecule has 3 aromatic rings. The average molecular weight is 477 g/mol. The van der Waals surface area contributed by atoms with Crippen LogP contribution in [0.1, 0.15) is 27.4 Å². The van der Waals surface area contributed by atoms with Crippen LogP contribution in [0, 0.1) is 6.92 Å². The second kappa shape index (κ2) is 7.17. The predicted octanol–water partition coefficient (Wildman–Crippen LogP) is 1.61. The number of nitrogens with two attached hydrogens (primary N) is 1. The lowest BCUT2D eigenvalue weighted by atomic mass is 10.1. The number of aryl methyl sites for hydroxylation is 1. The number of rotatable bonds is 4. The molecule has 0 bridgehead atoms. The molecular formula is C19H20N6O5S2. The summed E-state index contributed by atoms with van der Waals surface area (Å²) in [6.07, 6.45) is 3.64. The van der Waals surface area contributed by atoms with Gasteiger partial charge in [-0.25, -0.2) is 14.8 Å². The Morgan fingerprint density at radius 2 is 2.06 bits per heavy atom. The molecule has 5 rings (SSSR count). The SMILES string of the molecule is Cc1sc(C(=O)N2CCN(c3ncnc4[nH]ccc34)CC23CC3)cc1S(=O)(=O)OC(N)=O. The van der Waals surface area contributed by atoms with Crippen LogP contribution in [0.3, 0.4) is 0 Å². The summed E-state index contributed by atoms with van der Waals surface area (Å²) in [5.41, 5.74) is 5.30. The number of amides is 2. The summed E-state index contributed by atoms with van der Waals surface area (Å²) in [6.45, 7) is 3.26. The Labute approximate surface area is 187 Å². The zero-order chi connectivity index (χ0) is 22.7. The number of anilines is 1. The maximum absolute atomic E-state index is 13.3. The van der Waals surface area contributed by atoms with Gasteiger partial charge in [-0.15, -0.1) is 11.3 Å². The first-order valence-electron chi connectivity index (χ1n) is 9.90. The number of aromatic nitrogens is 3. The topological polar surface area (TPSA) is 152 Å². The first kappa shape index (κ1) is 20.7. The van der Waals surface area contributed by atoms with Gasteiger partial charge < -0.3 is 24.7 Å². The lowest BCUT2D eigenvalue weighted by molar-refractivity contribution is 0.0629. The first-order valence-corrected chi connectivity index (χ1v) is 12.1. The van der Waals surface area contributed by atoms with E-state index in [-0.39, 0.29) is 21.2 Å². The van der Waals surface area contributed by atoms with Crippen molar-refractivity contribution in [3.05, 3.63) is 34.4 Å². The molecule has 0 atom stereocenters. The van der Waals surface area contributed by atoms with Crippen LogP contribution in [0.4, 0.5) is 10.6 Å². The minimum Gasteiger partial charge on any atom is -0.352 e. The number of primary amides is 1. The molecule has 168 valence electrons. The molecule has 0 unspecified atom stereocenters. The molecule has 1 spiro atoms. The van der Waals surface area contributed by atoms with Gasteiger partial charge in [0.1, 0.15) is 22.7 Å². The molecule has 0 radical (unpaired) electrons. The molecule has 3 N–H and O–H groups in total. The molecule has 2 fully saturated rings. The number of fused-ring (bicyclic) bond motifs is 1. The average Bonchev–Trinajstić information content (AvgIpc) is 3.13. The van der Waals surface area contributed by atoms with E-state index in [0.717, 1.165) is 41.0 Å². The summed E-state index contributed by atoms with van der Waals surface area (Å²) in [7, 11) is -4.37. The van der Waals surface area contributed by atoms with Crippen LogP contribution in [0.15, 0.2) is 29.6 Å². The molecule has 13 heteroatoms. The van der Waals surface area contributed by atoms with Crippen molar-refractivity contribution in [1.29, 1.82) is 0 Å². The summed E-state index contributed by atoms with van der Waals surface area (Å²) < 4.78 is 28.7. The van der Waals surface area contributed by atoms with Gasteiger partial charge in [0, 0.05) is 30.7 Å². The third-order valence-corrected chi connectivity index (χ3v) is 8.41. The fourth-order valence-electron chi connectivity index (χ4n) is 4.26. The molecule has 1 saturated carbocycles. The van der Waals surface area contributed by atoms with E-state index < -0.39 is 16.2 Å². The van der Waals surface area contributed by atoms with Crippen LogP contribution < -0.4 is 10.6 Å². The largest absolute Gasteiger partial charge is 0.420 e. The Bertz CT molecular complexity index is 1340. The third kappa shape index (κ3) is 3.37. The summed E-state index contributed by atoms with van der Waals surface area (Å²) in [5.74, 6) is 0.601. The second-order valence-electron chi connectivity index (χ2n) is 7.93. The minimum atomic E-state index is -4.37. The van der Waals surface area contributed by atoms with E-state index in [2.05, 4.69) is 24.0 Å². The predicted molar refractivity (Wildman–Crippen MR) is 116 cm³/mol. The lowest BCUT2D eigenvalue weighted by Gasteiger charge is -2.42. The quantitative estimate of drug-likeness (QED) is 0.539. The second-order valence-corrected chi connectivity index (χ2v) is 10.7. The Kier molecular flexibility index (Phi) is 4.64. The highest BCUT2D eigenvalue weighted by Gasteiger charge is 2.54. The van der Waals surface area contributed by atoms with E-state index >= 15 is 0 Å². The van der Waals surface area contributed by atoms with Crippen molar-refractivity contribution < 1.29 is 22.2 Å². The molecule has 1 aliphatic heterocycles. The number of carbonyl (C=O) groups excluding carboxylic acids is 2. The van der Waals surface area contributed by atoms with Gasteiger partial charge in [0.05, 0.1) is 15.8 Å². The number of piperazine rings is 1. The van der Waals surface area contributed by atoms with Crippen molar-refractivity contribution in [3.8, 4) is 0 Å². The van der Waals surface area contributed by atoms with Crippen molar-refractivity contribution in [3.63, 3.8) is 0 Å². The van der Waals surface area contributed by atoms with Gasteiger partial charge >= 0.3 is 16.2 Å². The molecule has 4 heterocycles. The first-order chi connectivity index (χ1) is 15.2. The number of thiophene rings is 1. The van der Waals surface area contributed by atoms with Crippen LogP contribution in [-0.2, 0) is 14.3 Å². The summed E-state index contributed by atoms with van der Waals surface area (Å²) >= 11 is 1.06. The standard InChI is InChI=1S/C19H20N6O5S2/c1-11-14(32(28,29)30-18(20)27)8-13(31-11)17(26)25-7-6-24(9-19(25)3-4-19)16-12-2-5-21-15(12)22-10-23-16/h2,5,8,10H,3-4,6-7,9H2,1H3,(H2,20,27)(H,21,22,23). The number of aromatic amines is 1. The number of nitrogens with zero attached hydrogens (tertiary/aromatic N) is 4. The van der Waals surface area contributed by atoms with E-state index in [4.69, 9.17) is 5.73 Å². The molecule has 32 heavy (non-hydrogen) atoms. The van der Waals surface area contributed by atoms with Crippen molar-refractivity contribution in [1.82, 2.24) is 19.9 Å². The van der Waals surface area contributed by atoms with Crippen LogP contribution in [0.2, 0.25) is 0 Å². The maximum atomic E-state index is 13.3. The normalized spacial score (nSPS) is 17.7. The number of hydrogen-bond donors (Lipinski definition) is 2. The van der Waals surface area contributed by atoms with Gasteiger partial charge in [0.2, 0.25) is 0 Å². The lowest BCUT2D eigenvalue weighted by Crippen LogP contribution is -2.57. The van der Waals surface area contributed by atoms with E-state index in [0.29, 0.717) is 24.5 Å². The zero-order valence-corrected chi connectivity index (χ0v) is 18.7. The highest BCUT2D eigenvalue weighted by atomic mass is 32.2. The molecule has 0 aromatic carbocycles. The van der Waals surface area contributed by atoms with Gasteiger partial charge in [-0.05, 0) is 31.9 Å². The van der Waals surface area contributed by atoms with Crippen molar-refractivity contribution in [2.45, 2.75) is 30.2 Å². The molecule has 3 aromatic heterocycles. The highest BCUT2D eigenvalue weighted by Crippen LogP contribution is 2.46. The Hall–Kier alpha value is -3.19. The zero-order valence-electron chi connectivity index (χ0n) is 17.1. The number of hydrogen-bond acceptors (Lipinski definition) is 9. The van der Waals surface area contributed by atoms with Crippen LogP contribution in [-0.4, -0.2) is 65.4 Å². The Morgan fingerprint density at radius 3 is 2.78 bits per heavy atom. The van der Waals surface area contributed by atoms with Gasteiger partial charge in [-0.3, -0.25) is 4.79 Å². The smallest absolute Gasteiger partial charge is 0.352 e. The number of carbonyl (C=O) groups is 2. The number of H-pyrrole nitrogens is 1. The third-order valence-electron chi connectivity index (χ3n) is 5.90. The number of nitrogens with one attached hydrogen (secondary N) is 1. The molecule has 1 saturated heterocycles. The Balaban J connectivity index is 1.39. The molecule has 11 nitrogen and oxygen atoms in total. The highest BCUT2D eigenvalue weighted by molar-refractivity contribution is 7.87. The monoisotopic (exact) mass is 476 g/mol. The van der Waals surface area contributed by atoms with Gasteiger partial charge in [0.25, 0.3) is 5.91 Å². The Morgan fingerprint density at radius 1 is 1.28 bits per heavy atom. The van der Waals surface area contributed by atoms with Crippen molar-refractivity contribution in [2.75, 3.05) is 24.5 Å². The van der Waals surface area contributed by atoms with Crippen molar-refractivity contribution in [2.24, 2.45) is 5.73 Å².